The molecule has 0 aliphatic rings. The van der Waals surface area contributed by atoms with E-state index in [0.717, 1.165) is 5.69 Å². The largest absolute Gasteiger partial charge is 0.495 e. The molecule has 0 unspecified atom stereocenters. The van der Waals surface area contributed by atoms with Crippen LogP contribution in [0.3, 0.4) is 0 Å². The predicted molar refractivity (Wildman–Crippen MR) is 110 cm³/mol. The molecule has 144 valence electrons. The van der Waals surface area contributed by atoms with Gasteiger partial charge in [0.05, 0.1) is 18.7 Å². The molecule has 27 heavy (non-hydrogen) atoms. The van der Waals surface area contributed by atoms with Gasteiger partial charge in [-0.25, -0.2) is 0 Å². The third-order valence-corrected chi connectivity index (χ3v) is 3.95. The zero-order valence-corrected chi connectivity index (χ0v) is 16.4. The maximum absolute atomic E-state index is 12.1. The molecule has 0 saturated carbocycles. The fourth-order valence-electron chi connectivity index (χ4n) is 2.38. The molecule has 2 amide bonds. The van der Waals surface area contributed by atoms with Crippen LogP contribution in [0.2, 0.25) is 5.02 Å². The summed E-state index contributed by atoms with van der Waals surface area (Å²) in [4.78, 5) is 23.8. The molecule has 0 aliphatic heterocycles. The van der Waals surface area contributed by atoms with E-state index in [2.05, 4.69) is 16.0 Å². The minimum Gasteiger partial charge on any atom is -0.495 e. The number of hydrogen-bond donors (Lipinski definition) is 3. The zero-order chi connectivity index (χ0) is 19.8. The lowest BCUT2D eigenvalue weighted by Gasteiger charge is -2.11. The summed E-state index contributed by atoms with van der Waals surface area (Å²) in [6, 6.07) is 12.2. The summed E-state index contributed by atoms with van der Waals surface area (Å²) >= 11 is 6.06. The molecule has 3 N–H and O–H groups in total. The van der Waals surface area contributed by atoms with Crippen LogP contribution in [0.15, 0.2) is 42.5 Å². The number of nitrogens with one attached hydrogen (secondary N) is 3. The number of amides is 2. The van der Waals surface area contributed by atoms with Crippen LogP contribution in [-0.2, 0) is 9.59 Å². The maximum atomic E-state index is 12.1. The third-order valence-electron chi connectivity index (χ3n) is 3.65. The molecule has 2 rings (SSSR count). The first-order chi connectivity index (χ1) is 12.9. The van der Waals surface area contributed by atoms with Gasteiger partial charge in [-0.05, 0) is 48.4 Å². The van der Waals surface area contributed by atoms with Crippen molar-refractivity contribution < 1.29 is 14.3 Å². The number of ether oxygens (including phenoxy) is 1. The van der Waals surface area contributed by atoms with Crippen molar-refractivity contribution in [3.05, 3.63) is 47.5 Å². The number of carbonyl (C=O) groups is 2. The lowest BCUT2D eigenvalue weighted by molar-refractivity contribution is -0.117. The summed E-state index contributed by atoms with van der Waals surface area (Å²) in [5.74, 6) is 0.659. The number of methoxy groups -OCH3 is 1. The van der Waals surface area contributed by atoms with Crippen LogP contribution in [0.1, 0.15) is 20.3 Å². The number of carbonyl (C=O) groups excluding carboxylic acids is 2. The molecular weight excluding hydrogens is 366 g/mol. The second-order valence-corrected chi connectivity index (χ2v) is 6.88. The molecule has 0 aliphatic carbocycles. The fourth-order valence-corrected chi connectivity index (χ4v) is 2.64. The van der Waals surface area contributed by atoms with Gasteiger partial charge < -0.3 is 20.7 Å². The lowest BCUT2D eigenvalue weighted by atomic mass is 10.1. The highest BCUT2D eigenvalue weighted by Gasteiger charge is 2.07. The topological polar surface area (TPSA) is 79.5 Å². The predicted octanol–water partition coefficient (Wildman–Crippen LogP) is 4.38. The molecule has 7 heteroatoms. The van der Waals surface area contributed by atoms with Crippen molar-refractivity contribution in [2.45, 2.75) is 20.3 Å². The first-order valence-electron chi connectivity index (χ1n) is 8.64. The first kappa shape index (κ1) is 20.6. The molecule has 0 fully saturated rings. The van der Waals surface area contributed by atoms with Crippen LogP contribution in [0.5, 0.6) is 5.75 Å². The normalized spacial score (nSPS) is 10.4. The van der Waals surface area contributed by atoms with Gasteiger partial charge in [-0.15, -0.1) is 0 Å². The number of halogens is 1. The van der Waals surface area contributed by atoms with Crippen molar-refractivity contribution in [2.75, 3.05) is 29.6 Å². The minimum absolute atomic E-state index is 0.0239. The Balaban J connectivity index is 1.83. The van der Waals surface area contributed by atoms with E-state index in [4.69, 9.17) is 16.3 Å². The summed E-state index contributed by atoms with van der Waals surface area (Å²) in [6.07, 6.45) is 0.472. The Morgan fingerprint density at radius 2 is 1.52 bits per heavy atom. The standard InChI is InChI=1S/C20H24ClN3O3/c1-13(2)10-19(25)23-14-4-6-15(7-5-14)24-20(26)12-22-16-8-9-18(27-3)17(21)11-16/h4-9,11,13,22H,10,12H2,1-3H3,(H,23,25)(H,24,26). The highest BCUT2D eigenvalue weighted by atomic mass is 35.5. The highest BCUT2D eigenvalue weighted by Crippen LogP contribution is 2.27. The molecule has 2 aromatic rings. The van der Waals surface area contributed by atoms with Crippen molar-refractivity contribution >= 4 is 40.5 Å². The van der Waals surface area contributed by atoms with Gasteiger partial charge in [0.1, 0.15) is 5.75 Å². The molecule has 6 nitrogen and oxygen atoms in total. The van der Waals surface area contributed by atoms with Gasteiger partial charge in [0.25, 0.3) is 0 Å². The van der Waals surface area contributed by atoms with Crippen LogP contribution in [-0.4, -0.2) is 25.5 Å². The Hall–Kier alpha value is -2.73. The van der Waals surface area contributed by atoms with Crippen molar-refractivity contribution in [1.29, 1.82) is 0 Å². The summed E-state index contributed by atoms with van der Waals surface area (Å²) in [5, 5.41) is 9.09. The molecular formula is C20H24ClN3O3. The van der Waals surface area contributed by atoms with Crippen molar-refractivity contribution in [3.8, 4) is 5.75 Å². The fraction of sp³-hybridized carbons (Fsp3) is 0.300. The Morgan fingerprint density at radius 1 is 0.963 bits per heavy atom. The Bertz CT molecular complexity index is 792. The SMILES string of the molecule is COc1ccc(NCC(=O)Nc2ccc(NC(=O)CC(C)C)cc2)cc1Cl. The second kappa shape index (κ2) is 9.83. The van der Waals surface area contributed by atoms with Crippen molar-refractivity contribution in [1.82, 2.24) is 0 Å². The van der Waals surface area contributed by atoms with Gasteiger partial charge in [-0.1, -0.05) is 25.4 Å². The molecule has 0 aromatic heterocycles. The van der Waals surface area contributed by atoms with E-state index in [1.165, 1.54) is 0 Å². The van der Waals surface area contributed by atoms with Crippen LogP contribution in [0, 0.1) is 5.92 Å². The van der Waals surface area contributed by atoms with Gasteiger partial charge in [-0.2, -0.15) is 0 Å². The number of hydrogen-bond acceptors (Lipinski definition) is 4. The van der Waals surface area contributed by atoms with E-state index < -0.39 is 0 Å². The van der Waals surface area contributed by atoms with Crippen LogP contribution in [0.25, 0.3) is 0 Å². The summed E-state index contributed by atoms with van der Waals surface area (Å²) in [7, 11) is 1.54. The minimum atomic E-state index is -0.196. The summed E-state index contributed by atoms with van der Waals surface area (Å²) in [5.41, 5.74) is 2.07. The number of rotatable bonds is 8. The Kier molecular flexibility index (Phi) is 7.49. The van der Waals surface area contributed by atoms with E-state index in [0.29, 0.717) is 34.5 Å². The molecule has 0 heterocycles. The molecule has 0 saturated heterocycles. The smallest absolute Gasteiger partial charge is 0.243 e. The number of benzene rings is 2. The second-order valence-electron chi connectivity index (χ2n) is 6.47. The molecule has 0 atom stereocenters. The molecule has 0 radical (unpaired) electrons. The van der Waals surface area contributed by atoms with Gasteiger partial charge in [0, 0.05) is 23.5 Å². The van der Waals surface area contributed by atoms with Crippen LogP contribution < -0.4 is 20.7 Å². The van der Waals surface area contributed by atoms with Crippen LogP contribution >= 0.6 is 11.6 Å². The lowest BCUT2D eigenvalue weighted by Crippen LogP contribution is -2.21. The van der Waals surface area contributed by atoms with E-state index >= 15 is 0 Å². The van der Waals surface area contributed by atoms with Gasteiger partial charge in [0.2, 0.25) is 11.8 Å². The molecule has 2 aromatic carbocycles. The van der Waals surface area contributed by atoms with E-state index in [9.17, 15) is 9.59 Å². The third kappa shape index (κ3) is 6.83. The number of anilines is 3. The zero-order valence-electron chi connectivity index (χ0n) is 15.6. The maximum Gasteiger partial charge on any atom is 0.243 e. The molecule has 0 spiro atoms. The highest BCUT2D eigenvalue weighted by molar-refractivity contribution is 6.32. The van der Waals surface area contributed by atoms with E-state index in [-0.39, 0.29) is 18.4 Å². The Morgan fingerprint density at radius 3 is 2.04 bits per heavy atom. The first-order valence-corrected chi connectivity index (χ1v) is 9.02. The van der Waals surface area contributed by atoms with Crippen molar-refractivity contribution in [2.24, 2.45) is 5.92 Å². The monoisotopic (exact) mass is 389 g/mol. The summed E-state index contributed by atoms with van der Waals surface area (Å²) in [6.45, 7) is 4.08. The van der Waals surface area contributed by atoms with Gasteiger partial charge >= 0.3 is 0 Å². The molecule has 0 bridgehead atoms. The average Bonchev–Trinajstić information content (AvgIpc) is 2.61. The van der Waals surface area contributed by atoms with Crippen molar-refractivity contribution in [3.63, 3.8) is 0 Å². The van der Waals surface area contributed by atoms with E-state index in [1.54, 1.807) is 49.6 Å². The quantitative estimate of drug-likeness (QED) is 0.625. The van der Waals surface area contributed by atoms with E-state index in [1.807, 2.05) is 13.8 Å². The Labute approximate surface area is 164 Å². The summed E-state index contributed by atoms with van der Waals surface area (Å²) < 4.78 is 5.09. The average molecular weight is 390 g/mol. The van der Waals surface area contributed by atoms with Gasteiger partial charge in [0.15, 0.2) is 0 Å². The van der Waals surface area contributed by atoms with Gasteiger partial charge in [-0.3, -0.25) is 9.59 Å². The van der Waals surface area contributed by atoms with Crippen LogP contribution in [0.4, 0.5) is 17.1 Å².